The highest BCUT2D eigenvalue weighted by Crippen LogP contribution is 2.28. The predicted octanol–water partition coefficient (Wildman–Crippen LogP) is 5.77. The van der Waals surface area contributed by atoms with Crippen LogP contribution in [0.15, 0.2) is 82.2 Å². The number of anilines is 1. The van der Waals surface area contributed by atoms with E-state index >= 15 is 0 Å². The molecule has 3 aromatic rings. The highest BCUT2D eigenvalue weighted by Gasteiger charge is 2.34. The smallest absolute Gasteiger partial charge is 0.264 e. The average Bonchev–Trinajstić information content (AvgIpc) is 3.00. The van der Waals surface area contributed by atoms with Gasteiger partial charge in [-0.1, -0.05) is 41.9 Å². The molecule has 0 saturated heterocycles. The summed E-state index contributed by atoms with van der Waals surface area (Å²) in [6.07, 6.45) is 1.06. The lowest BCUT2D eigenvalue weighted by atomic mass is 10.1. The number of amides is 2. The number of nitrogens with zero attached hydrogens (tertiary/aromatic N) is 2. The second-order valence-electron chi connectivity index (χ2n) is 10.0. The highest BCUT2D eigenvalue weighted by molar-refractivity contribution is 9.10. The first kappa shape index (κ1) is 33.9. The minimum atomic E-state index is -4.18. The van der Waals surface area contributed by atoms with Gasteiger partial charge in [0.25, 0.3) is 10.0 Å². The molecule has 0 aromatic heterocycles. The third kappa shape index (κ3) is 8.96. The molecule has 2 amide bonds. The minimum absolute atomic E-state index is 0.0262. The van der Waals surface area contributed by atoms with Crippen LogP contribution < -0.4 is 19.1 Å². The van der Waals surface area contributed by atoms with E-state index in [9.17, 15) is 18.0 Å². The number of methoxy groups -OCH3 is 1. The summed E-state index contributed by atoms with van der Waals surface area (Å²) in [6.45, 7) is 7.56. The van der Waals surface area contributed by atoms with Crippen LogP contribution in [0.3, 0.4) is 0 Å². The number of hydrogen-bond donors (Lipinski definition) is 1. The van der Waals surface area contributed by atoms with Gasteiger partial charge < -0.3 is 19.7 Å². The van der Waals surface area contributed by atoms with Gasteiger partial charge >= 0.3 is 0 Å². The average molecular weight is 675 g/mol. The largest absolute Gasteiger partial charge is 0.497 e. The number of carbonyl (C=O) groups excluding carboxylic acids is 2. The molecule has 0 radical (unpaired) electrons. The van der Waals surface area contributed by atoms with Crippen LogP contribution in [0.25, 0.3) is 0 Å². The first-order valence-corrected chi connectivity index (χ1v) is 16.5. The van der Waals surface area contributed by atoms with Crippen LogP contribution in [0.4, 0.5) is 5.69 Å². The first-order chi connectivity index (χ1) is 20.5. The zero-order valence-corrected chi connectivity index (χ0v) is 27.7. The second-order valence-corrected chi connectivity index (χ2v) is 12.8. The van der Waals surface area contributed by atoms with Gasteiger partial charge in [0.05, 0.1) is 24.3 Å². The maximum atomic E-state index is 14.2. The summed E-state index contributed by atoms with van der Waals surface area (Å²) in [7, 11) is -2.63. The molecule has 0 unspecified atom stereocenters. The van der Waals surface area contributed by atoms with Crippen molar-refractivity contribution in [2.24, 2.45) is 0 Å². The molecule has 9 nitrogen and oxygen atoms in total. The van der Waals surface area contributed by atoms with E-state index in [-0.39, 0.29) is 29.1 Å². The van der Waals surface area contributed by atoms with Gasteiger partial charge in [-0.05, 0) is 92.9 Å². The zero-order valence-electron chi connectivity index (χ0n) is 25.2. The van der Waals surface area contributed by atoms with Crippen molar-refractivity contribution in [2.75, 3.05) is 24.6 Å². The molecule has 232 valence electrons. The van der Waals surface area contributed by atoms with Gasteiger partial charge in [-0.15, -0.1) is 0 Å². The fourth-order valence-corrected chi connectivity index (χ4v) is 6.14. The number of rotatable bonds is 15. The van der Waals surface area contributed by atoms with Crippen molar-refractivity contribution in [3.05, 3.63) is 82.8 Å². The summed E-state index contributed by atoms with van der Waals surface area (Å²) >= 11 is 3.35. The van der Waals surface area contributed by atoms with Crippen LogP contribution in [0.2, 0.25) is 0 Å². The molecule has 0 bridgehead atoms. The monoisotopic (exact) mass is 673 g/mol. The molecule has 0 aliphatic heterocycles. The molecule has 0 fully saturated rings. The Kier molecular flexibility index (Phi) is 12.4. The molecule has 2 atom stereocenters. The summed E-state index contributed by atoms with van der Waals surface area (Å²) in [6, 6.07) is 19.1. The lowest BCUT2D eigenvalue weighted by molar-refractivity contribution is -0.140. The molecular formula is C32H40BrN3O6S. The van der Waals surface area contributed by atoms with Gasteiger partial charge in [-0.2, -0.15) is 0 Å². The number of halogens is 1. The van der Waals surface area contributed by atoms with E-state index in [0.29, 0.717) is 24.5 Å². The molecule has 0 saturated carbocycles. The molecule has 11 heteroatoms. The fourth-order valence-electron chi connectivity index (χ4n) is 4.47. The number of sulfonamides is 1. The van der Waals surface area contributed by atoms with Crippen LogP contribution in [0.5, 0.6) is 11.5 Å². The summed E-state index contributed by atoms with van der Waals surface area (Å²) in [5.41, 5.74) is 1.03. The van der Waals surface area contributed by atoms with E-state index in [4.69, 9.17) is 9.47 Å². The summed E-state index contributed by atoms with van der Waals surface area (Å²) in [5, 5.41) is 2.98. The molecular weight excluding hydrogens is 634 g/mol. The molecule has 43 heavy (non-hydrogen) atoms. The topological polar surface area (TPSA) is 105 Å². The predicted molar refractivity (Wildman–Crippen MR) is 172 cm³/mol. The maximum absolute atomic E-state index is 14.2. The zero-order chi connectivity index (χ0) is 31.6. The van der Waals surface area contributed by atoms with E-state index in [0.717, 1.165) is 20.8 Å². The van der Waals surface area contributed by atoms with E-state index in [1.165, 1.54) is 17.0 Å². The van der Waals surface area contributed by atoms with Gasteiger partial charge in [0.15, 0.2) is 0 Å². The Bertz CT molecular complexity index is 1470. The van der Waals surface area contributed by atoms with E-state index in [2.05, 4.69) is 21.2 Å². The van der Waals surface area contributed by atoms with E-state index in [1.807, 2.05) is 33.8 Å². The van der Waals surface area contributed by atoms with Gasteiger partial charge in [-0.25, -0.2) is 8.42 Å². The number of carbonyl (C=O) groups is 2. The van der Waals surface area contributed by atoms with Crippen molar-refractivity contribution in [1.29, 1.82) is 0 Å². The quantitative estimate of drug-likeness (QED) is 0.220. The second kappa shape index (κ2) is 15.8. The Morgan fingerprint density at radius 3 is 2.19 bits per heavy atom. The molecule has 3 aromatic carbocycles. The van der Waals surface area contributed by atoms with Gasteiger partial charge in [0.1, 0.15) is 24.1 Å². The Morgan fingerprint density at radius 2 is 1.60 bits per heavy atom. The Labute approximate surface area is 263 Å². The first-order valence-electron chi connectivity index (χ1n) is 14.3. The Morgan fingerprint density at radius 1 is 0.930 bits per heavy atom. The summed E-state index contributed by atoms with van der Waals surface area (Å²) in [4.78, 5) is 29.1. The molecule has 0 aliphatic carbocycles. The van der Waals surface area contributed by atoms with Crippen LogP contribution >= 0.6 is 15.9 Å². The van der Waals surface area contributed by atoms with Crippen LogP contribution in [-0.4, -0.2) is 57.5 Å². The Hall–Kier alpha value is -3.57. The summed E-state index contributed by atoms with van der Waals surface area (Å²) < 4.78 is 40.8. The van der Waals surface area contributed by atoms with E-state index < -0.39 is 28.5 Å². The minimum Gasteiger partial charge on any atom is -0.497 e. The van der Waals surface area contributed by atoms with Gasteiger partial charge in [0.2, 0.25) is 11.8 Å². The van der Waals surface area contributed by atoms with Gasteiger partial charge in [0, 0.05) is 17.1 Å². The van der Waals surface area contributed by atoms with Crippen molar-refractivity contribution in [2.45, 2.75) is 64.1 Å². The fraction of sp³-hybridized carbons (Fsp3) is 0.375. The Balaban J connectivity index is 2.07. The lowest BCUT2D eigenvalue weighted by Crippen LogP contribution is -2.53. The van der Waals surface area contributed by atoms with Crippen LogP contribution in [-0.2, 0) is 26.2 Å². The van der Waals surface area contributed by atoms with Crippen LogP contribution in [0, 0.1) is 0 Å². The normalized spacial score (nSPS) is 12.6. The maximum Gasteiger partial charge on any atom is 0.264 e. The van der Waals surface area contributed by atoms with Crippen molar-refractivity contribution in [1.82, 2.24) is 10.2 Å². The molecule has 1 N–H and O–H groups in total. The van der Waals surface area contributed by atoms with Crippen molar-refractivity contribution in [3.8, 4) is 11.5 Å². The number of hydrogen-bond acceptors (Lipinski definition) is 6. The highest BCUT2D eigenvalue weighted by atomic mass is 79.9. The number of nitrogens with one attached hydrogen (secondary N) is 1. The van der Waals surface area contributed by atoms with E-state index in [1.54, 1.807) is 61.7 Å². The lowest BCUT2D eigenvalue weighted by Gasteiger charge is -2.33. The molecule has 0 heterocycles. The third-order valence-electron chi connectivity index (χ3n) is 6.99. The SMILES string of the molecule is CCOc1ccc(N(CC(=O)N(Cc2cccc(OC)c2)[C@@H](CC)C(=O)N[C@@H](C)CC)S(=O)(=O)c2ccc(Br)cc2)cc1. The third-order valence-corrected chi connectivity index (χ3v) is 9.31. The van der Waals surface area contributed by atoms with Crippen LogP contribution in [0.1, 0.15) is 46.1 Å². The van der Waals surface area contributed by atoms with Gasteiger partial charge in [-0.3, -0.25) is 13.9 Å². The molecule has 3 rings (SSSR count). The van der Waals surface area contributed by atoms with Crippen molar-refractivity contribution in [3.63, 3.8) is 0 Å². The molecule has 0 aliphatic rings. The number of benzene rings is 3. The molecule has 0 spiro atoms. The standard InChI is InChI=1S/C32H40BrN3O6S/c1-6-23(4)34-32(38)30(7-2)35(21-24-10-9-11-28(20-24)41-5)31(37)22-36(26-14-16-27(17-15-26)42-8-3)43(39,40)29-18-12-25(33)13-19-29/h9-20,23,30H,6-8,21-22H2,1-5H3,(H,34,38)/t23-,30-/m0/s1. The number of ether oxygens (including phenoxy) is 2. The summed E-state index contributed by atoms with van der Waals surface area (Å²) in [5.74, 6) is 0.363. The van der Waals surface area contributed by atoms with Crippen molar-refractivity contribution < 1.29 is 27.5 Å². The van der Waals surface area contributed by atoms with Crippen molar-refractivity contribution >= 4 is 43.5 Å².